The van der Waals surface area contributed by atoms with Gasteiger partial charge in [0.25, 0.3) is 0 Å². The van der Waals surface area contributed by atoms with E-state index < -0.39 is 17.8 Å². The molecule has 0 radical (unpaired) electrons. The van der Waals surface area contributed by atoms with E-state index in [-0.39, 0.29) is 5.56 Å². The number of esters is 1. The quantitative estimate of drug-likeness (QED) is 0.667. The topological polar surface area (TPSA) is 47.6 Å². The van der Waals surface area contributed by atoms with Crippen molar-refractivity contribution in [1.29, 1.82) is 0 Å². The minimum atomic E-state index is -0.571. The lowest BCUT2D eigenvalue weighted by Gasteiger charge is -2.20. The van der Waals surface area contributed by atoms with Crippen molar-refractivity contribution in [1.82, 2.24) is 0 Å². The summed E-state index contributed by atoms with van der Waals surface area (Å²) >= 11 is 0. The summed E-state index contributed by atoms with van der Waals surface area (Å²) in [6, 6.07) is 18.9. The fourth-order valence-electron chi connectivity index (χ4n) is 3.09. The highest BCUT2D eigenvalue weighted by Crippen LogP contribution is 2.42. The number of carbonyl (C=O) groups is 1. The summed E-state index contributed by atoms with van der Waals surface area (Å²) < 4.78 is 25.5. The van der Waals surface area contributed by atoms with E-state index in [0.29, 0.717) is 17.1 Å². The van der Waals surface area contributed by atoms with Crippen molar-refractivity contribution in [2.24, 2.45) is 0 Å². The van der Waals surface area contributed by atoms with E-state index in [1.807, 2.05) is 48.5 Å². The Morgan fingerprint density at radius 1 is 1.00 bits per heavy atom. The molecular formula is C21H16FNO3. The smallest absolute Gasteiger partial charge is 0.337 e. The Morgan fingerprint density at radius 2 is 1.73 bits per heavy atom. The van der Waals surface area contributed by atoms with Crippen LogP contribution in [0.3, 0.4) is 0 Å². The molecule has 0 bridgehead atoms. The first kappa shape index (κ1) is 16.1. The number of carbonyl (C=O) groups excluding carboxylic acids is 1. The van der Waals surface area contributed by atoms with Crippen LogP contribution in [0.15, 0.2) is 66.7 Å². The number of ether oxygens (including phenoxy) is 2. The molecule has 0 spiro atoms. The largest absolute Gasteiger partial charge is 0.465 e. The van der Waals surface area contributed by atoms with Gasteiger partial charge in [-0.25, -0.2) is 9.18 Å². The number of anilines is 1. The first-order valence-electron chi connectivity index (χ1n) is 8.17. The normalized spacial score (nSPS) is 14.9. The van der Waals surface area contributed by atoms with Gasteiger partial charge in [-0.15, -0.1) is 0 Å². The molecule has 0 fully saturated rings. The van der Waals surface area contributed by atoms with Gasteiger partial charge in [-0.1, -0.05) is 36.4 Å². The van der Waals surface area contributed by atoms with Gasteiger partial charge in [-0.2, -0.15) is 0 Å². The summed E-state index contributed by atoms with van der Waals surface area (Å²) in [6.07, 6.45) is 0. The first-order valence-corrected chi connectivity index (χ1v) is 8.17. The molecule has 1 atom stereocenters. The van der Waals surface area contributed by atoms with Gasteiger partial charge in [0.15, 0.2) is 5.75 Å². The highest BCUT2D eigenvalue weighted by atomic mass is 19.1. The maximum atomic E-state index is 14.8. The fraction of sp³-hybridized carbons (Fsp3) is 0.0952. The fourth-order valence-corrected chi connectivity index (χ4v) is 3.09. The second-order valence-corrected chi connectivity index (χ2v) is 5.94. The highest BCUT2D eigenvalue weighted by molar-refractivity contribution is 5.89. The van der Waals surface area contributed by atoms with Gasteiger partial charge in [0.2, 0.25) is 0 Å². The van der Waals surface area contributed by atoms with Crippen LogP contribution in [0, 0.1) is 5.82 Å². The minimum absolute atomic E-state index is 0.173. The van der Waals surface area contributed by atoms with E-state index in [1.54, 1.807) is 12.1 Å². The third-order valence-corrected chi connectivity index (χ3v) is 4.37. The summed E-state index contributed by atoms with van der Waals surface area (Å²) in [5.41, 5.74) is 2.18. The molecule has 1 aliphatic rings. The van der Waals surface area contributed by atoms with Gasteiger partial charge in [0.1, 0.15) is 11.6 Å². The Labute approximate surface area is 150 Å². The van der Waals surface area contributed by atoms with Gasteiger partial charge >= 0.3 is 5.97 Å². The third kappa shape index (κ3) is 2.77. The standard InChI is InChI=1S/C21H16FNO3/c1-25-21(24)13-10-11-14(16(22)12-13)20-15-6-2-4-8-18(15)26-19-9-5-3-7-17(19)23-20/h2-12,20,23H,1H3. The Morgan fingerprint density at radius 3 is 2.50 bits per heavy atom. The Bertz CT molecular complexity index is 986. The molecule has 0 aromatic heterocycles. The first-order chi connectivity index (χ1) is 12.7. The lowest BCUT2D eigenvalue weighted by Crippen LogP contribution is -2.14. The van der Waals surface area contributed by atoms with Gasteiger partial charge in [0, 0.05) is 11.1 Å². The summed E-state index contributed by atoms with van der Waals surface area (Å²) in [5.74, 6) is 0.276. The zero-order chi connectivity index (χ0) is 18.1. The number of para-hydroxylation sites is 3. The van der Waals surface area contributed by atoms with Crippen molar-refractivity contribution in [3.8, 4) is 11.5 Å². The summed E-state index contributed by atoms with van der Waals surface area (Å²) in [7, 11) is 1.27. The molecule has 4 rings (SSSR count). The summed E-state index contributed by atoms with van der Waals surface area (Å²) in [6.45, 7) is 0. The lowest BCUT2D eigenvalue weighted by molar-refractivity contribution is 0.0600. The van der Waals surface area contributed by atoms with Crippen molar-refractivity contribution in [3.63, 3.8) is 0 Å². The number of benzene rings is 3. The van der Waals surface area contributed by atoms with Crippen LogP contribution in [0.2, 0.25) is 0 Å². The van der Waals surface area contributed by atoms with Crippen LogP contribution in [0.5, 0.6) is 11.5 Å². The predicted molar refractivity (Wildman–Crippen MR) is 96.2 cm³/mol. The Kier molecular flexibility index (Phi) is 4.05. The number of rotatable bonds is 2. The van der Waals surface area contributed by atoms with Crippen LogP contribution in [0.4, 0.5) is 10.1 Å². The van der Waals surface area contributed by atoms with E-state index in [9.17, 15) is 9.18 Å². The van der Waals surface area contributed by atoms with Crippen molar-refractivity contribution in [3.05, 3.63) is 89.2 Å². The molecule has 0 saturated carbocycles. The van der Waals surface area contributed by atoms with Crippen LogP contribution >= 0.6 is 0 Å². The van der Waals surface area contributed by atoms with E-state index >= 15 is 0 Å². The zero-order valence-electron chi connectivity index (χ0n) is 14.0. The van der Waals surface area contributed by atoms with E-state index in [1.165, 1.54) is 13.2 Å². The zero-order valence-corrected chi connectivity index (χ0v) is 14.0. The van der Waals surface area contributed by atoms with Crippen molar-refractivity contribution in [2.75, 3.05) is 12.4 Å². The van der Waals surface area contributed by atoms with Gasteiger partial charge in [-0.05, 0) is 30.3 Å². The van der Waals surface area contributed by atoms with E-state index in [0.717, 1.165) is 11.3 Å². The monoisotopic (exact) mass is 349 g/mol. The number of halogens is 1. The highest BCUT2D eigenvalue weighted by Gasteiger charge is 2.26. The van der Waals surface area contributed by atoms with Crippen LogP contribution in [-0.2, 0) is 4.74 Å². The van der Waals surface area contributed by atoms with Crippen molar-refractivity contribution < 1.29 is 18.7 Å². The van der Waals surface area contributed by atoms with E-state index in [4.69, 9.17) is 4.74 Å². The lowest BCUT2D eigenvalue weighted by atomic mass is 9.96. The van der Waals surface area contributed by atoms with Crippen molar-refractivity contribution in [2.45, 2.75) is 6.04 Å². The second kappa shape index (κ2) is 6.52. The van der Waals surface area contributed by atoms with Crippen LogP contribution in [0.1, 0.15) is 27.5 Å². The minimum Gasteiger partial charge on any atom is -0.465 e. The van der Waals surface area contributed by atoms with Crippen LogP contribution < -0.4 is 10.1 Å². The number of methoxy groups -OCH3 is 1. The molecule has 4 nitrogen and oxygen atoms in total. The average molecular weight is 349 g/mol. The molecule has 0 aliphatic carbocycles. The average Bonchev–Trinajstić information content (AvgIpc) is 2.84. The molecule has 3 aromatic carbocycles. The molecule has 1 unspecified atom stereocenters. The maximum Gasteiger partial charge on any atom is 0.337 e. The maximum absolute atomic E-state index is 14.8. The molecule has 0 amide bonds. The molecule has 1 aliphatic heterocycles. The molecule has 26 heavy (non-hydrogen) atoms. The molecule has 5 heteroatoms. The molecule has 3 aromatic rings. The number of nitrogens with one attached hydrogen (secondary N) is 1. The molecule has 1 N–H and O–H groups in total. The Balaban J connectivity index is 1.84. The summed E-state index contributed by atoms with van der Waals surface area (Å²) in [5, 5.41) is 3.35. The van der Waals surface area contributed by atoms with Gasteiger partial charge < -0.3 is 14.8 Å². The van der Waals surface area contributed by atoms with Gasteiger partial charge in [-0.3, -0.25) is 0 Å². The van der Waals surface area contributed by atoms with E-state index in [2.05, 4.69) is 10.1 Å². The molecule has 1 heterocycles. The van der Waals surface area contributed by atoms with Gasteiger partial charge in [0.05, 0.1) is 24.4 Å². The third-order valence-electron chi connectivity index (χ3n) is 4.37. The second-order valence-electron chi connectivity index (χ2n) is 5.94. The summed E-state index contributed by atoms with van der Waals surface area (Å²) in [4.78, 5) is 11.6. The SMILES string of the molecule is COC(=O)c1ccc(C2Nc3ccccc3Oc3ccccc32)c(F)c1. The molecular weight excluding hydrogens is 333 g/mol. The Hall–Kier alpha value is -3.34. The van der Waals surface area contributed by atoms with Crippen LogP contribution in [0.25, 0.3) is 0 Å². The van der Waals surface area contributed by atoms with Crippen molar-refractivity contribution >= 4 is 11.7 Å². The predicted octanol–water partition coefficient (Wildman–Crippen LogP) is 4.92. The molecule has 0 saturated heterocycles. The number of hydrogen-bond acceptors (Lipinski definition) is 4. The number of hydrogen-bond donors (Lipinski definition) is 1. The van der Waals surface area contributed by atoms with Crippen LogP contribution in [-0.4, -0.2) is 13.1 Å². The molecule has 130 valence electrons. The number of fused-ring (bicyclic) bond motifs is 2.